The zero-order valence-corrected chi connectivity index (χ0v) is 14.1. The van der Waals surface area contributed by atoms with Gasteiger partial charge in [0.15, 0.2) is 16.6 Å². The van der Waals surface area contributed by atoms with Crippen molar-refractivity contribution in [3.05, 3.63) is 54.2 Å². The molecular weight excluding hydrogens is 324 g/mol. The summed E-state index contributed by atoms with van der Waals surface area (Å²) in [5.74, 6) is -0.281. The molecule has 24 heavy (non-hydrogen) atoms. The van der Waals surface area contributed by atoms with Gasteiger partial charge in [-0.25, -0.2) is 0 Å². The number of hydrogen-bond donors (Lipinski definition) is 1. The van der Waals surface area contributed by atoms with Crippen LogP contribution in [0.1, 0.15) is 24.2 Å². The Kier molecular flexibility index (Phi) is 4.61. The van der Waals surface area contributed by atoms with Crippen LogP contribution in [0.25, 0.3) is 5.65 Å². The molecule has 0 fully saturated rings. The van der Waals surface area contributed by atoms with Gasteiger partial charge < -0.3 is 5.32 Å². The molecule has 1 N–H and O–H groups in total. The fourth-order valence-corrected chi connectivity index (χ4v) is 3.08. The number of rotatable bonds is 5. The Labute approximate surface area is 143 Å². The van der Waals surface area contributed by atoms with E-state index in [9.17, 15) is 9.59 Å². The number of thioether (sulfide) groups is 1. The average molecular weight is 340 g/mol. The van der Waals surface area contributed by atoms with Gasteiger partial charge in [-0.3, -0.25) is 14.0 Å². The number of nitrogens with one attached hydrogen (secondary N) is 1. The van der Waals surface area contributed by atoms with Crippen LogP contribution in [0.2, 0.25) is 0 Å². The van der Waals surface area contributed by atoms with Crippen LogP contribution in [0.4, 0.5) is 5.69 Å². The van der Waals surface area contributed by atoms with Crippen LogP contribution in [0.15, 0.2) is 53.8 Å². The van der Waals surface area contributed by atoms with Gasteiger partial charge in [0.2, 0.25) is 5.91 Å². The second-order valence-corrected chi connectivity index (χ2v) is 6.57. The molecule has 0 aliphatic carbocycles. The summed E-state index contributed by atoms with van der Waals surface area (Å²) in [5.41, 5.74) is 1.75. The minimum absolute atomic E-state index is 0.0883. The second-order valence-electron chi connectivity index (χ2n) is 5.26. The van der Waals surface area contributed by atoms with Gasteiger partial charge >= 0.3 is 0 Å². The van der Waals surface area contributed by atoms with Crippen molar-refractivity contribution in [2.75, 3.05) is 5.32 Å². The first-order chi connectivity index (χ1) is 11.6. The Hall–Kier alpha value is -2.67. The summed E-state index contributed by atoms with van der Waals surface area (Å²) in [6.45, 7) is 3.27. The number of anilines is 1. The number of hydrogen-bond acceptors (Lipinski definition) is 5. The average Bonchev–Trinajstić information content (AvgIpc) is 2.98. The van der Waals surface area contributed by atoms with E-state index in [0.29, 0.717) is 16.4 Å². The monoisotopic (exact) mass is 340 g/mol. The van der Waals surface area contributed by atoms with Crippen LogP contribution in [0.5, 0.6) is 0 Å². The number of Topliss-reactive ketones (excluding diaryl/α,β-unsaturated/α-hetero) is 1. The van der Waals surface area contributed by atoms with Crippen LogP contribution in [0, 0.1) is 0 Å². The molecule has 3 aromatic rings. The zero-order chi connectivity index (χ0) is 17.1. The molecule has 122 valence electrons. The molecule has 2 heterocycles. The summed E-state index contributed by atoms with van der Waals surface area (Å²) in [4.78, 5) is 24.1. The Morgan fingerprint density at radius 2 is 1.88 bits per heavy atom. The van der Waals surface area contributed by atoms with Crippen LogP contribution in [-0.2, 0) is 4.79 Å². The number of aromatic nitrogens is 3. The molecule has 0 aliphatic heterocycles. The van der Waals surface area contributed by atoms with Crippen molar-refractivity contribution in [1.29, 1.82) is 0 Å². The largest absolute Gasteiger partial charge is 0.324 e. The lowest BCUT2D eigenvalue weighted by Gasteiger charge is -2.13. The maximum atomic E-state index is 12.4. The highest BCUT2D eigenvalue weighted by molar-refractivity contribution is 8.00. The molecule has 1 amide bonds. The maximum absolute atomic E-state index is 12.4. The minimum atomic E-state index is -0.391. The van der Waals surface area contributed by atoms with Gasteiger partial charge in [-0.05, 0) is 38.1 Å². The van der Waals surface area contributed by atoms with Crippen molar-refractivity contribution >= 4 is 34.8 Å². The van der Waals surface area contributed by atoms with Crippen LogP contribution in [-0.4, -0.2) is 31.5 Å². The Bertz CT molecular complexity index is 906. The quantitative estimate of drug-likeness (QED) is 0.571. The third kappa shape index (κ3) is 3.30. The topological polar surface area (TPSA) is 76.4 Å². The molecule has 0 aliphatic rings. The number of fused-ring (bicyclic) bond motifs is 1. The van der Waals surface area contributed by atoms with Gasteiger partial charge in [-0.15, -0.1) is 10.2 Å². The minimum Gasteiger partial charge on any atom is -0.324 e. The Balaban J connectivity index is 1.75. The normalized spacial score (nSPS) is 12.1. The van der Waals surface area contributed by atoms with Crippen molar-refractivity contribution in [2.24, 2.45) is 0 Å². The number of nitrogens with zero attached hydrogens (tertiary/aromatic N) is 3. The second kappa shape index (κ2) is 6.84. The van der Waals surface area contributed by atoms with Gasteiger partial charge in [-0.2, -0.15) is 0 Å². The Morgan fingerprint density at radius 3 is 2.67 bits per heavy atom. The van der Waals surface area contributed by atoms with Gasteiger partial charge in [0.05, 0.1) is 10.9 Å². The van der Waals surface area contributed by atoms with E-state index in [4.69, 9.17) is 0 Å². The fraction of sp³-hybridized carbons (Fsp3) is 0.176. The summed E-state index contributed by atoms with van der Waals surface area (Å²) in [6, 6.07) is 12.6. The van der Waals surface area contributed by atoms with Gasteiger partial charge in [0, 0.05) is 11.8 Å². The molecule has 1 atom stereocenters. The summed E-state index contributed by atoms with van der Waals surface area (Å²) >= 11 is 1.31. The van der Waals surface area contributed by atoms with Gasteiger partial charge in [0.25, 0.3) is 0 Å². The summed E-state index contributed by atoms with van der Waals surface area (Å²) in [6.07, 6.45) is 1.85. The highest BCUT2D eigenvalue weighted by Crippen LogP contribution is 2.24. The van der Waals surface area contributed by atoms with Crippen molar-refractivity contribution in [3.63, 3.8) is 0 Å². The summed E-state index contributed by atoms with van der Waals surface area (Å²) in [7, 11) is 0. The zero-order valence-electron chi connectivity index (χ0n) is 13.3. The predicted octanol–water partition coefficient (Wildman–Crippen LogP) is 3.05. The molecular formula is C17H16N4O2S. The van der Waals surface area contributed by atoms with E-state index in [1.807, 2.05) is 28.8 Å². The number of carbonyl (C=O) groups excluding carboxylic acids is 2. The van der Waals surface area contributed by atoms with E-state index in [1.54, 1.807) is 31.2 Å². The lowest BCUT2D eigenvalue weighted by atomic mass is 10.1. The maximum Gasteiger partial charge on any atom is 0.237 e. The lowest BCUT2D eigenvalue weighted by Crippen LogP contribution is -2.23. The van der Waals surface area contributed by atoms with Crippen LogP contribution in [0.3, 0.4) is 0 Å². The third-order valence-corrected chi connectivity index (χ3v) is 4.55. The summed E-state index contributed by atoms with van der Waals surface area (Å²) < 4.78 is 1.83. The fourth-order valence-electron chi connectivity index (χ4n) is 2.24. The standard InChI is InChI=1S/C17H16N4O2S/c1-11(22)13-7-3-4-8-14(13)18-16(23)12(2)24-17-20-19-15-9-5-6-10-21(15)17/h3-10,12H,1-2H3,(H,18,23)/t12-/m1/s1. The van der Waals surface area contributed by atoms with Crippen molar-refractivity contribution in [3.8, 4) is 0 Å². The van der Waals surface area contributed by atoms with Crippen LogP contribution >= 0.6 is 11.8 Å². The highest BCUT2D eigenvalue weighted by Gasteiger charge is 2.19. The number of benzene rings is 1. The van der Waals surface area contributed by atoms with Gasteiger partial charge in [-0.1, -0.05) is 30.0 Å². The van der Waals surface area contributed by atoms with E-state index in [2.05, 4.69) is 15.5 Å². The van der Waals surface area contributed by atoms with Crippen molar-refractivity contribution < 1.29 is 9.59 Å². The number of pyridine rings is 1. The lowest BCUT2D eigenvalue weighted by molar-refractivity contribution is -0.115. The van der Waals surface area contributed by atoms with E-state index >= 15 is 0 Å². The molecule has 0 radical (unpaired) electrons. The van der Waals surface area contributed by atoms with E-state index < -0.39 is 5.25 Å². The first-order valence-corrected chi connectivity index (χ1v) is 8.31. The van der Waals surface area contributed by atoms with Crippen molar-refractivity contribution in [2.45, 2.75) is 24.3 Å². The molecule has 1 aromatic carbocycles. The first kappa shape index (κ1) is 16.2. The SMILES string of the molecule is CC(=O)c1ccccc1NC(=O)[C@@H](C)Sc1nnc2ccccn12. The Morgan fingerprint density at radius 1 is 1.12 bits per heavy atom. The molecule has 3 rings (SSSR count). The number of carbonyl (C=O) groups is 2. The van der Waals surface area contributed by atoms with E-state index in [0.717, 1.165) is 5.65 Å². The molecule has 0 bridgehead atoms. The molecule has 0 saturated carbocycles. The molecule has 7 heteroatoms. The smallest absolute Gasteiger partial charge is 0.237 e. The van der Waals surface area contributed by atoms with Crippen molar-refractivity contribution in [1.82, 2.24) is 14.6 Å². The number of ketones is 1. The molecule has 0 spiro atoms. The molecule has 0 unspecified atom stereocenters. The molecule has 6 nitrogen and oxygen atoms in total. The molecule has 2 aromatic heterocycles. The van der Waals surface area contributed by atoms with E-state index in [-0.39, 0.29) is 11.7 Å². The predicted molar refractivity (Wildman–Crippen MR) is 93.4 cm³/mol. The van der Waals surface area contributed by atoms with Gasteiger partial charge in [0.1, 0.15) is 0 Å². The molecule has 0 saturated heterocycles. The van der Waals surface area contributed by atoms with Crippen LogP contribution < -0.4 is 5.32 Å². The number of amides is 1. The number of para-hydroxylation sites is 1. The highest BCUT2D eigenvalue weighted by atomic mass is 32.2. The first-order valence-electron chi connectivity index (χ1n) is 7.43. The summed E-state index contributed by atoms with van der Waals surface area (Å²) in [5, 5.41) is 11.2. The van der Waals surface area contributed by atoms with E-state index in [1.165, 1.54) is 18.7 Å². The third-order valence-electron chi connectivity index (χ3n) is 3.50.